The minimum Gasteiger partial charge on any atom is -0.489 e. The standard InChI is InChI=1S/C57H50O7/c1-39-15-23-47(24-16-39)59-35-43-31-53(63-51-11-7-5-8-12-51)32-44(36-60-48-25-17-40(2)18-26-48)55(43)57(58)56-45(37-61-49-27-19-41(3)20-28-49)33-54(64-52-13-9-6-10-14-52)34-46(56)38-62-50-29-21-42(4)22-30-50/h5-34H,35-38H2,1-4H3. The van der Waals surface area contributed by atoms with E-state index in [1.165, 1.54) is 0 Å². The predicted octanol–water partition coefficient (Wildman–Crippen LogP) is 14.1. The maximum absolute atomic E-state index is 16.0. The number of benzene rings is 8. The quantitative estimate of drug-likeness (QED) is 0.0796. The molecule has 0 heterocycles. The minimum absolute atomic E-state index is 0.0628. The van der Waals surface area contributed by atoms with Crippen LogP contribution in [0.15, 0.2) is 182 Å². The highest BCUT2D eigenvalue weighted by Crippen LogP contribution is 2.36. The van der Waals surface area contributed by atoms with E-state index in [9.17, 15) is 0 Å². The summed E-state index contributed by atoms with van der Waals surface area (Å²) in [5.74, 6) is 4.77. The summed E-state index contributed by atoms with van der Waals surface area (Å²) in [7, 11) is 0. The molecule has 0 unspecified atom stereocenters. The van der Waals surface area contributed by atoms with Gasteiger partial charge >= 0.3 is 0 Å². The average molecular weight is 847 g/mol. The lowest BCUT2D eigenvalue weighted by atomic mass is 9.88. The van der Waals surface area contributed by atoms with Crippen molar-refractivity contribution < 1.29 is 33.2 Å². The van der Waals surface area contributed by atoms with Crippen LogP contribution in [0.3, 0.4) is 0 Å². The fraction of sp³-hybridized carbons (Fsp3) is 0.140. The van der Waals surface area contributed by atoms with Crippen LogP contribution in [0.2, 0.25) is 0 Å². The number of aryl methyl sites for hydroxylation is 4. The zero-order chi connectivity index (χ0) is 44.3. The lowest BCUT2D eigenvalue weighted by Crippen LogP contribution is -2.18. The Balaban J connectivity index is 1.29. The molecule has 0 aliphatic heterocycles. The Bertz CT molecular complexity index is 2450. The SMILES string of the molecule is Cc1ccc(OCc2cc(Oc3ccccc3)cc(COc3ccc(C)cc3)c2C(=O)c2c(COc3ccc(C)cc3)cc(Oc3ccccc3)cc2COc2ccc(C)cc2)cc1. The van der Waals surface area contributed by atoms with Gasteiger partial charge in [-0.25, -0.2) is 0 Å². The van der Waals surface area contributed by atoms with Gasteiger partial charge in [0, 0.05) is 33.4 Å². The normalized spacial score (nSPS) is 10.8. The Labute approximate surface area is 375 Å². The van der Waals surface area contributed by atoms with E-state index in [1.54, 1.807) is 0 Å². The minimum atomic E-state index is -0.257. The van der Waals surface area contributed by atoms with Gasteiger partial charge in [0.25, 0.3) is 0 Å². The number of rotatable bonds is 18. The van der Waals surface area contributed by atoms with E-state index in [0.717, 1.165) is 22.3 Å². The molecule has 64 heavy (non-hydrogen) atoms. The van der Waals surface area contributed by atoms with Crippen LogP contribution in [0.1, 0.15) is 60.4 Å². The summed E-state index contributed by atoms with van der Waals surface area (Å²) in [5, 5.41) is 0. The molecule has 0 aliphatic rings. The van der Waals surface area contributed by atoms with Gasteiger partial charge in [0.2, 0.25) is 0 Å². The third-order valence-electron chi connectivity index (χ3n) is 10.6. The Hall–Kier alpha value is -7.77. The van der Waals surface area contributed by atoms with E-state index in [-0.39, 0.29) is 32.2 Å². The molecule has 7 nitrogen and oxygen atoms in total. The molecule has 320 valence electrons. The van der Waals surface area contributed by atoms with Crippen LogP contribution in [0.5, 0.6) is 46.0 Å². The first-order valence-corrected chi connectivity index (χ1v) is 21.3. The van der Waals surface area contributed by atoms with E-state index in [2.05, 4.69) is 0 Å². The molecule has 0 radical (unpaired) electrons. The molecular weight excluding hydrogens is 797 g/mol. The Morgan fingerprint density at radius 1 is 0.312 bits per heavy atom. The summed E-state index contributed by atoms with van der Waals surface area (Å²) in [6, 6.07) is 58.0. The molecular formula is C57H50O7. The molecule has 7 heteroatoms. The largest absolute Gasteiger partial charge is 0.489 e. The summed E-state index contributed by atoms with van der Waals surface area (Å²) in [6.45, 7) is 8.37. The lowest BCUT2D eigenvalue weighted by molar-refractivity contribution is 0.102. The Kier molecular flexibility index (Phi) is 13.7. The number of hydrogen-bond donors (Lipinski definition) is 0. The van der Waals surface area contributed by atoms with Gasteiger partial charge in [-0.05, 0) is 125 Å². The van der Waals surface area contributed by atoms with Crippen molar-refractivity contribution in [3.8, 4) is 46.0 Å². The summed E-state index contributed by atoms with van der Waals surface area (Å²) < 4.78 is 38.8. The highest BCUT2D eigenvalue weighted by Gasteiger charge is 2.27. The molecule has 0 atom stereocenters. The van der Waals surface area contributed by atoms with Crippen molar-refractivity contribution in [2.24, 2.45) is 0 Å². The third kappa shape index (κ3) is 11.4. The molecule has 0 fully saturated rings. The first kappa shape index (κ1) is 42.9. The van der Waals surface area contributed by atoms with Gasteiger partial charge in [0.15, 0.2) is 5.78 Å². The summed E-state index contributed by atoms with van der Waals surface area (Å²) >= 11 is 0. The second-order valence-corrected chi connectivity index (χ2v) is 15.8. The molecule has 0 aliphatic carbocycles. The number of carbonyl (C=O) groups excluding carboxylic acids is 1. The molecule has 0 bridgehead atoms. The van der Waals surface area contributed by atoms with Gasteiger partial charge in [-0.15, -0.1) is 0 Å². The maximum Gasteiger partial charge on any atom is 0.194 e. The van der Waals surface area contributed by atoms with Gasteiger partial charge in [-0.1, -0.05) is 107 Å². The summed E-state index contributed by atoms with van der Waals surface area (Å²) in [5.41, 5.74) is 7.73. The monoisotopic (exact) mass is 846 g/mol. The number of para-hydroxylation sites is 2. The smallest absolute Gasteiger partial charge is 0.194 e. The molecule has 0 aromatic heterocycles. The van der Waals surface area contributed by atoms with Crippen LogP contribution in [0.25, 0.3) is 0 Å². The molecule has 0 saturated carbocycles. The molecule has 8 aromatic carbocycles. The summed E-state index contributed by atoms with van der Waals surface area (Å²) in [6.07, 6.45) is 0. The zero-order valence-corrected chi connectivity index (χ0v) is 36.5. The van der Waals surface area contributed by atoms with Crippen LogP contribution in [-0.2, 0) is 26.4 Å². The third-order valence-corrected chi connectivity index (χ3v) is 10.6. The van der Waals surface area contributed by atoms with Gasteiger partial charge in [0.05, 0.1) is 0 Å². The molecule has 0 saturated heterocycles. The topological polar surface area (TPSA) is 72.5 Å². The van der Waals surface area contributed by atoms with Crippen molar-refractivity contribution in [3.63, 3.8) is 0 Å². The van der Waals surface area contributed by atoms with Gasteiger partial charge in [-0.3, -0.25) is 4.79 Å². The Morgan fingerprint density at radius 3 is 0.812 bits per heavy atom. The molecule has 0 spiro atoms. The second-order valence-electron chi connectivity index (χ2n) is 15.8. The van der Waals surface area contributed by atoms with Gasteiger partial charge < -0.3 is 28.4 Å². The van der Waals surface area contributed by atoms with Crippen molar-refractivity contribution in [2.75, 3.05) is 0 Å². The first-order chi connectivity index (χ1) is 31.2. The maximum atomic E-state index is 16.0. The number of ketones is 1. The van der Waals surface area contributed by atoms with Crippen LogP contribution in [0.4, 0.5) is 0 Å². The first-order valence-electron chi connectivity index (χ1n) is 21.3. The van der Waals surface area contributed by atoms with E-state index in [1.807, 2.05) is 210 Å². The van der Waals surface area contributed by atoms with Crippen LogP contribution in [0, 0.1) is 27.7 Å². The van der Waals surface area contributed by atoms with E-state index in [4.69, 9.17) is 28.4 Å². The van der Waals surface area contributed by atoms with Crippen molar-refractivity contribution in [3.05, 3.63) is 238 Å². The van der Waals surface area contributed by atoms with Crippen molar-refractivity contribution in [1.29, 1.82) is 0 Å². The number of carbonyl (C=O) groups is 1. The fourth-order valence-corrected chi connectivity index (χ4v) is 7.18. The number of ether oxygens (including phenoxy) is 6. The van der Waals surface area contributed by atoms with E-state index in [0.29, 0.717) is 79.4 Å². The summed E-state index contributed by atoms with van der Waals surface area (Å²) in [4.78, 5) is 16.0. The zero-order valence-electron chi connectivity index (χ0n) is 36.5. The predicted molar refractivity (Wildman–Crippen MR) is 251 cm³/mol. The van der Waals surface area contributed by atoms with Crippen molar-refractivity contribution in [1.82, 2.24) is 0 Å². The van der Waals surface area contributed by atoms with Gasteiger partial charge in [0.1, 0.15) is 72.4 Å². The highest BCUT2D eigenvalue weighted by atomic mass is 16.5. The molecule has 0 amide bonds. The second kappa shape index (κ2) is 20.4. The van der Waals surface area contributed by atoms with Crippen molar-refractivity contribution in [2.45, 2.75) is 54.1 Å². The fourth-order valence-electron chi connectivity index (χ4n) is 7.18. The van der Waals surface area contributed by atoms with E-state index < -0.39 is 0 Å². The van der Waals surface area contributed by atoms with Crippen LogP contribution < -0.4 is 28.4 Å². The average Bonchev–Trinajstić information content (AvgIpc) is 3.31. The number of hydrogen-bond acceptors (Lipinski definition) is 7. The molecule has 0 N–H and O–H groups in total. The van der Waals surface area contributed by atoms with Crippen molar-refractivity contribution >= 4 is 5.78 Å². The van der Waals surface area contributed by atoms with E-state index >= 15 is 4.79 Å². The molecule has 8 rings (SSSR count). The van der Waals surface area contributed by atoms with Gasteiger partial charge in [-0.2, -0.15) is 0 Å². The highest BCUT2D eigenvalue weighted by molar-refractivity contribution is 6.13. The van der Waals surface area contributed by atoms with Crippen LogP contribution in [-0.4, -0.2) is 5.78 Å². The molecule has 8 aromatic rings. The lowest BCUT2D eigenvalue weighted by Gasteiger charge is -2.22. The van der Waals surface area contributed by atoms with Crippen LogP contribution >= 0.6 is 0 Å². The Morgan fingerprint density at radius 2 is 0.562 bits per heavy atom.